The fourth-order valence-electron chi connectivity index (χ4n) is 1.79. The molecule has 1 aromatic rings. The summed E-state index contributed by atoms with van der Waals surface area (Å²) < 4.78 is 5.10. The number of esters is 1. The third kappa shape index (κ3) is 5.00. The van der Waals surface area contributed by atoms with Crippen LogP contribution in [0.25, 0.3) is 0 Å². The lowest BCUT2D eigenvalue weighted by Gasteiger charge is -2.26. The Morgan fingerprint density at radius 1 is 1.45 bits per heavy atom. The first-order valence-corrected chi connectivity index (χ1v) is 8.13. The van der Waals surface area contributed by atoms with E-state index >= 15 is 0 Å². The van der Waals surface area contributed by atoms with Gasteiger partial charge >= 0.3 is 5.97 Å². The zero-order valence-corrected chi connectivity index (χ0v) is 13.8. The first-order valence-electron chi connectivity index (χ1n) is 6.77. The number of nitrogens with one attached hydrogen (secondary N) is 1. The zero-order valence-electron chi connectivity index (χ0n) is 12.2. The second-order valence-corrected chi connectivity index (χ2v) is 6.23. The van der Waals surface area contributed by atoms with E-state index in [0.717, 1.165) is 28.5 Å². The molecule has 5 heteroatoms. The monoisotopic (exact) mass is 315 g/mol. The average molecular weight is 316 g/mol. The first kappa shape index (κ1) is 17.3. The maximum atomic E-state index is 11.9. The predicted molar refractivity (Wildman–Crippen MR) is 85.5 cm³/mol. The third-order valence-corrected chi connectivity index (χ3v) is 4.79. The molecule has 0 aliphatic rings. The molecule has 0 spiro atoms. The molecule has 3 nitrogen and oxygen atoms in total. The summed E-state index contributed by atoms with van der Waals surface area (Å²) in [6.07, 6.45) is 1.64. The molecule has 0 heterocycles. The van der Waals surface area contributed by atoms with E-state index in [0.29, 0.717) is 6.61 Å². The highest BCUT2D eigenvalue weighted by Crippen LogP contribution is 2.28. The van der Waals surface area contributed by atoms with Crippen LogP contribution in [0.3, 0.4) is 0 Å². The quantitative estimate of drug-likeness (QED) is 0.450. The summed E-state index contributed by atoms with van der Waals surface area (Å²) >= 11 is 7.82. The van der Waals surface area contributed by atoms with Crippen LogP contribution in [0.1, 0.15) is 26.7 Å². The highest BCUT2D eigenvalue weighted by molar-refractivity contribution is 7.99. The topological polar surface area (TPSA) is 38.3 Å². The van der Waals surface area contributed by atoms with Gasteiger partial charge in [-0.25, -0.2) is 0 Å². The minimum absolute atomic E-state index is 0.190. The van der Waals surface area contributed by atoms with Crippen LogP contribution in [0.4, 0.5) is 0 Å². The van der Waals surface area contributed by atoms with Gasteiger partial charge in [0.2, 0.25) is 0 Å². The highest BCUT2D eigenvalue weighted by Gasteiger charge is 2.32. The number of rotatable bonds is 8. The van der Waals surface area contributed by atoms with Crippen LogP contribution in [-0.2, 0) is 9.53 Å². The van der Waals surface area contributed by atoms with E-state index in [9.17, 15) is 4.79 Å². The Labute approximate surface area is 130 Å². The van der Waals surface area contributed by atoms with Gasteiger partial charge in [-0.1, -0.05) is 23.7 Å². The zero-order chi connectivity index (χ0) is 15.0. The van der Waals surface area contributed by atoms with Crippen LogP contribution in [0.5, 0.6) is 0 Å². The van der Waals surface area contributed by atoms with Gasteiger partial charge in [0, 0.05) is 4.90 Å². The standard InChI is InChI=1S/C15H22ClNO2S/c1-4-19-14(18)15(2,17-3)10-7-11-20-13-9-6-5-8-12(13)16/h5-6,8-9,17H,4,7,10-11H2,1-3H3. The molecule has 0 aliphatic carbocycles. The number of benzene rings is 1. The van der Waals surface area contributed by atoms with Crippen molar-refractivity contribution in [3.8, 4) is 0 Å². The van der Waals surface area contributed by atoms with E-state index in [1.165, 1.54) is 0 Å². The van der Waals surface area contributed by atoms with Crippen LogP contribution in [0.15, 0.2) is 29.2 Å². The van der Waals surface area contributed by atoms with E-state index in [-0.39, 0.29) is 5.97 Å². The number of likely N-dealkylation sites (N-methyl/N-ethyl adjacent to an activating group) is 1. The van der Waals surface area contributed by atoms with Gasteiger partial charge in [0.25, 0.3) is 0 Å². The third-order valence-electron chi connectivity index (χ3n) is 3.19. The molecule has 0 bridgehead atoms. The molecular formula is C15H22ClNO2S. The molecule has 1 N–H and O–H groups in total. The molecule has 0 aliphatic heterocycles. The summed E-state index contributed by atoms with van der Waals surface area (Å²) in [4.78, 5) is 13.0. The van der Waals surface area contributed by atoms with Crippen molar-refractivity contribution >= 4 is 29.3 Å². The van der Waals surface area contributed by atoms with Gasteiger partial charge in [-0.2, -0.15) is 0 Å². The molecule has 20 heavy (non-hydrogen) atoms. The van der Waals surface area contributed by atoms with Crippen LogP contribution in [0.2, 0.25) is 5.02 Å². The molecular weight excluding hydrogens is 294 g/mol. The Kier molecular flexibility index (Phi) is 7.41. The van der Waals surface area contributed by atoms with E-state index < -0.39 is 5.54 Å². The minimum Gasteiger partial charge on any atom is -0.465 e. The lowest BCUT2D eigenvalue weighted by molar-refractivity contribution is -0.150. The number of carbonyl (C=O) groups excluding carboxylic acids is 1. The molecule has 0 fully saturated rings. The second-order valence-electron chi connectivity index (χ2n) is 4.69. The number of ether oxygens (including phenoxy) is 1. The van der Waals surface area contributed by atoms with E-state index in [1.54, 1.807) is 18.8 Å². The molecule has 0 saturated heterocycles. The second kappa shape index (κ2) is 8.55. The largest absolute Gasteiger partial charge is 0.465 e. The van der Waals surface area contributed by atoms with E-state index in [4.69, 9.17) is 16.3 Å². The van der Waals surface area contributed by atoms with Gasteiger partial charge in [-0.05, 0) is 51.6 Å². The lowest BCUT2D eigenvalue weighted by Crippen LogP contribution is -2.48. The van der Waals surface area contributed by atoms with Crippen LogP contribution in [0, 0.1) is 0 Å². The summed E-state index contributed by atoms with van der Waals surface area (Å²) in [7, 11) is 1.79. The summed E-state index contributed by atoms with van der Waals surface area (Å²) in [5, 5.41) is 3.84. The number of halogens is 1. The Balaban J connectivity index is 2.42. The van der Waals surface area contributed by atoms with Crippen LogP contribution in [-0.4, -0.2) is 30.9 Å². The fraction of sp³-hybridized carbons (Fsp3) is 0.533. The van der Waals surface area contributed by atoms with Gasteiger partial charge in [0.15, 0.2) is 0 Å². The SMILES string of the molecule is CCOC(=O)C(C)(CCCSc1ccccc1Cl)NC. The number of hydrogen-bond donors (Lipinski definition) is 1. The number of thioether (sulfide) groups is 1. The molecule has 0 radical (unpaired) electrons. The smallest absolute Gasteiger partial charge is 0.326 e. The maximum Gasteiger partial charge on any atom is 0.326 e. The molecule has 1 unspecified atom stereocenters. The number of carbonyl (C=O) groups is 1. The van der Waals surface area contributed by atoms with Crippen molar-refractivity contribution in [3.05, 3.63) is 29.3 Å². The molecule has 1 atom stereocenters. The fourth-order valence-corrected chi connectivity index (χ4v) is 2.98. The van der Waals surface area contributed by atoms with Crippen molar-refractivity contribution < 1.29 is 9.53 Å². The van der Waals surface area contributed by atoms with Crippen molar-refractivity contribution in [1.29, 1.82) is 0 Å². The summed E-state index contributed by atoms with van der Waals surface area (Å²) in [6.45, 7) is 4.11. The maximum absolute atomic E-state index is 11.9. The minimum atomic E-state index is -0.614. The molecule has 0 saturated carbocycles. The predicted octanol–water partition coefficient (Wildman–Crippen LogP) is 3.75. The van der Waals surface area contributed by atoms with Crippen molar-refractivity contribution in [2.45, 2.75) is 37.1 Å². The van der Waals surface area contributed by atoms with Gasteiger partial charge < -0.3 is 10.1 Å². The normalized spacial score (nSPS) is 13.8. The Hall–Kier alpha value is -0.710. The highest BCUT2D eigenvalue weighted by atomic mass is 35.5. The van der Waals surface area contributed by atoms with Gasteiger partial charge in [0.1, 0.15) is 5.54 Å². The van der Waals surface area contributed by atoms with E-state index in [1.807, 2.05) is 38.1 Å². The van der Waals surface area contributed by atoms with Gasteiger partial charge in [0.05, 0.1) is 11.6 Å². The summed E-state index contributed by atoms with van der Waals surface area (Å²) in [5.41, 5.74) is -0.614. The lowest BCUT2D eigenvalue weighted by atomic mass is 9.97. The van der Waals surface area contributed by atoms with Crippen molar-refractivity contribution in [2.75, 3.05) is 19.4 Å². The molecule has 1 rings (SSSR count). The van der Waals surface area contributed by atoms with Gasteiger partial charge in [-0.3, -0.25) is 4.79 Å². The van der Waals surface area contributed by atoms with Crippen molar-refractivity contribution in [3.63, 3.8) is 0 Å². The average Bonchev–Trinajstić information content (AvgIpc) is 2.45. The van der Waals surface area contributed by atoms with Crippen LogP contribution >= 0.6 is 23.4 Å². The summed E-state index contributed by atoms with van der Waals surface area (Å²) in [5.74, 6) is 0.727. The van der Waals surface area contributed by atoms with Crippen molar-refractivity contribution in [1.82, 2.24) is 5.32 Å². The molecule has 0 amide bonds. The Morgan fingerprint density at radius 2 is 2.15 bits per heavy atom. The number of hydrogen-bond acceptors (Lipinski definition) is 4. The molecule has 0 aromatic heterocycles. The first-order chi connectivity index (χ1) is 9.53. The Bertz CT molecular complexity index is 442. The molecule has 112 valence electrons. The Morgan fingerprint density at radius 3 is 2.75 bits per heavy atom. The molecule has 1 aromatic carbocycles. The summed E-state index contributed by atoms with van der Waals surface area (Å²) in [6, 6.07) is 7.80. The van der Waals surface area contributed by atoms with Gasteiger partial charge in [-0.15, -0.1) is 11.8 Å². The van der Waals surface area contributed by atoms with Crippen LogP contribution < -0.4 is 5.32 Å². The van der Waals surface area contributed by atoms with Crippen molar-refractivity contribution in [2.24, 2.45) is 0 Å². The van der Waals surface area contributed by atoms with E-state index in [2.05, 4.69) is 5.32 Å².